The highest BCUT2D eigenvalue weighted by atomic mass is 16.3. The molecule has 104 valence electrons. The Hall–Kier alpha value is -2.69. The van der Waals surface area contributed by atoms with Gasteiger partial charge in [-0.05, 0) is 24.1 Å². The number of benzene rings is 1. The van der Waals surface area contributed by atoms with E-state index in [0.29, 0.717) is 0 Å². The minimum absolute atomic E-state index is 0.0530. The summed E-state index contributed by atoms with van der Waals surface area (Å²) in [6.45, 7) is 0. The summed E-state index contributed by atoms with van der Waals surface area (Å²) in [6.07, 6.45) is -3.31. The van der Waals surface area contributed by atoms with Crippen LogP contribution in [0.4, 0.5) is 0 Å². The van der Waals surface area contributed by atoms with Crippen molar-refractivity contribution < 1.29 is 33.4 Å². The Balaban J connectivity index is 2.52. The molecule has 0 unspecified atom stereocenters. The van der Waals surface area contributed by atoms with Gasteiger partial charge in [-0.3, -0.25) is 4.79 Å². The number of allylic oxidation sites excluding steroid dienone is 4. The number of aliphatic hydroxyl groups excluding tert-OH is 3. The van der Waals surface area contributed by atoms with Crippen LogP contribution in [0.15, 0.2) is 59.2 Å². The maximum Gasteiger partial charge on any atom is 0.196 e. The smallest absolute Gasteiger partial charge is 0.196 e. The van der Waals surface area contributed by atoms with Crippen LogP contribution in [0.25, 0.3) is 0 Å². The summed E-state index contributed by atoms with van der Waals surface area (Å²) in [7, 11) is 0. The van der Waals surface area contributed by atoms with Crippen molar-refractivity contribution in [1.29, 1.82) is 0 Å². The highest BCUT2D eigenvalue weighted by molar-refractivity contribution is 6.08. The average molecular weight is 280 g/mol. The summed E-state index contributed by atoms with van der Waals surface area (Å²) in [6, 6.07) is -0.795. The summed E-state index contributed by atoms with van der Waals surface area (Å²) >= 11 is 0. The van der Waals surface area contributed by atoms with Crippen LogP contribution in [-0.2, 0) is 11.2 Å². The monoisotopic (exact) mass is 280 g/mol. The molecular weight excluding hydrogens is 260 g/mol. The Morgan fingerprint density at radius 2 is 1.85 bits per heavy atom. The lowest BCUT2D eigenvalue weighted by Crippen LogP contribution is -2.11. The predicted octanol–water partition coefficient (Wildman–Crippen LogP) is 2.60. The normalized spacial score (nSPS) is 23.5. The third kappa shape index (κ3) is 3.00. The molecule has 0 aliphatic heterocycles. The van der Waals surface area contributed by atoms with E-state index in [0.717, 1.165) is 12.1 Å². The molecule has 1 aliphatic carbocycles. The van der Waals surface area contributed by atoms with Gasteiger partial charge >= 0.3 is 0 Å². The molecule has 0 amide bonds. The van der Waals surface area contributed by atoms with Crippen LogP contribution in [0.1, 0.15) is 20.2 Å². The van der Waals surface area contributed by atoms with E-state index < -0.39 is 71.4 Å². The van der Waals surface area contributed by atoms with E-state index in [2.05, 4.69) is 0 Å². The number of phenolic OH excluding ortho intramolecular Hbond substituents is 1. The van der Waals surface area contributed by atoms with Gasteiger partial charge in [0.1, 0.15) is 28.6 Å². The summed E-state index contributed by atoms with van der Waals surface area (Å²) in [5.41, 5.74) is -0.962. The van der Waals surface area contributed by atoms with Gasteiger partial charge in [-0.25, -0.2) is 0 Å². The highest BCUT2D eigenvalue weighted by Crippen LogP contribution is 2.22. The number of rotatable bonds is 3. The zero-order valence-corrected chi connectivity index (χ0v) is 10.1. The van der Waals surface area contributed by atoms with Gasteiger partial charge in [0.2, 0.25) is 0 Å². The SMILES string of the molecule is [2H]C1=C(O)C([2H])=C(O)C(=C(O)C([2H])([2H])Cc2cc([2H])c(O)c([2H])c2)C1=O. The summed E-state index contributed by atoms with van der Waals surface area (Å²) in [4.78, 5) is 12.0. The van der Waals surface area contributed by atoms with E-state index in [-0.39, 0.29) is 5.56 Å². The van der Waals surface area contributed by atoms with Crippen LogP contribution < -0.4 is 0 Å². The Morgan fingerprint density at radius 3 is 2.50 bits per heavy atom. The predicted molar refractivity (Wildman–Crippen MR) is 72.5 cm³/mol. The minimum atomic E-state index is -2.68. The second kappa shape index (κ2) is 5.52. The molecular formula is C15H14O5. The number of phenols is 1. The Kier molecular flexibility index (Phi) is 2.15. The van der Waals surface area contributed by atoms with E-state index in [1.165, 1.54) is 0 Å². The maximum atomic E-state index is 12.0. The molecule has 0 radical (unpaired) electrons. The summed E-state index contributed by atoms with van der Waals surface area (Å²) in [5, 5.41) is 38.9. The average Bonchev–Trinajstić information content (AvgIpc) is 2.55. The van der Waals surface area contributed by atoms with Gasteiger partial charge in [-0.1, -0.05) is 12.1 Å². The lowest BCUT2D eigenvalue weighted by molar-refractivity contribution is -0.111. The second-order valence-electron chi connectivity index (χ2n) is 3.85. The van der Waals surface area contributed by atoms with Crippen molar-refractivity contribution in [2.24, 2.45) is 0 Å². The quantitative estimate of drug-likeness (QED) is 0.504. The van der Waals surface area contributed by atoms with E-state index in [4.69, 9.17) is 8.22 Å². The van der Waals surface area contributed by atoms with Gasteiger partial charge in [0.05, 0.1) is 5.48 Å². The van der Waals surface area contributed by atoms with Crippen molar-refractivity contribution in [3.63, 3.8) is 0 Å². The number of carbonyl (C=O) groups excluding carboxylic acids is 1. The highest BCUT2D eigenvalue weighted by Gasteiger charge is 2.22. The lowest BCUT2D eigenvalue weighted by Gasteiger charge is -2.11. The van der Waals surface area contributed by atoms with Crippen LogP contribution in [-0.4, -0.2) is 26.2 Å². The van der Waals surface area contributed by atoms with Gasteiger partial charge < -0.3 is 20.4 Å². The van der Waals surface area contributed by atoms with Crippen molar-refractivity contribution in [2.45, 2.75) is 12.8 Å². The fourth-order valence-electron chi connectivity index (χ4n) is 1.48. The van der Waals surface area contributed by atoms with Crippen molar-refractivity contribution in [1.82, 2.24) is 0 Å². The number of hydrogen-bond acceptors (Lipinski definition) is 5. The van der Waals surface area contributed by atoms with Crippen LogP contribution in [0.5, 0.6) is 5.75 Å². The molecule has 4 N–H and O–H groups in total. The molecule has 0 saturated heterocycles. The van der Waals surface area contributed by atoms with Crippen molar-refractivity contribution in [3.05, 3.63) is 64.7 Å². The fraction of sp³-hybridized carbons (Fsp3) is 0.133. The summed E-state index contributed by atoms with van der Waals surface area (Å²) < 4.78 is 45.7. The molecule has 0 atom stereocenters. The lowest BCUT2D eigenvalue weighted by atomic mass is 9.99. The van der Waals surface area contributed by atoms with Gasteiger partial charge in [-0.2, -0.15) is 0 Å². The van der Waals surface area contributed by atoms with E-state index in [1.54, 1.807) is 0 Å². The number of ketones is 1. The third-order valence-corrected chi connectivity index (χ3v) is 2.42. The molecule has 1 aliphatic rings. The van der Waals surface area contributed by atoms with E-state index in [1.807, 2.05) is 0 Å². The first kappa shape index (κ1) is 7.79. The number of carbonyl (C=O) groups is 1. The third-order valence-electron chi connectivity index (χ3n) is 2.42. The molecule has 1 aromatic rings. The molecule has 0 aromatic heterocycles. The zero-order valence-electron chi connectivity index (χ0n) is 16.1. The van der Waals surface area contributed by atoms with Gasteiger partial charge in [0.25, 0.3) is 0 Å². The fourth-order valence-corrected chi connectivity index (χ4v) is 1.48. The van der Waals surface area contributed by atoms with Crippen LogP contribution >= 0.6 is 0 Å². The number of aromatic hydroxyl groups is 1. The molecule has 0 fully saturated rings. The molecule has 5 nitrogen and oxygen atoms in total. The number of aryl methyl sites for hydroxylation is 1. The minimum Gasteiger partial charge on any atom is -0.511 e. The standard InChI is InChI=1S/C15H14O5/c16-10-4-1-9(2-5-10)3-6-12(18)15-13(19)7-11(17)8-14(15)20/h1-2,4-5,7-8,16-19H,3,6H2/i4D,5D,6D2,7D,8D. The molecule has 0 bridgehead atoms. The number of hydrogen-bond donors (Lipinski definition) is 4. The van der Waals surface area contributed by atoms with Crippen LogP contribution in [0.2, 0.25) is 0 Å². The van der Waals surface area contributed by atoms with E-state index >= 15 is 0 Å². The molecule has 0 heterocycles. The molecule has 0 saturated carbocycles. The largest absolute Gasteiger partial charge is 0.511 e. The molecule has 2 rings (SSSR count). The number of aliphatic hydroxyl groups is 3. The van der Waals surface area contributed by atoms with Crippen molar-refractivity contribution >= 4 is 5.78 Å². The molecule has 20 heavy (non-hydrogen) atoms. The van der Waals surface area contributed by atoms with Crippen molar-refractivity contribution in [2.75, 3.05) is 0 Å². The molecule has 1 aromatic carbocycles. The Labute approximate surface area is 123 Å². The topological polar surface area (TPSA) is 98.0 Å². The van der Waals surface area contributed by atoms with Gasteiger partial charge in [-0.15, -0.1) is 0 Å². The first-order chi connectivity index (χ1) is 11.9. The molecule has 5 heteroatoms. The maximum absolute atomic E-state index is 12.0. The Bertz CT molecular complexity index is 877. The van der Waals surface area contributed by atoms with E-state index in [9.17, 15) is 25.2 Å². The van der Waals surface area contributed by atoms with Gasteiger partial charge in [0.15, 0.2) is 5.78 Å². The first-order valence-electron chi connectivity index (χ1n) is 8.46. The summed E-state index contributed by atoms with van der Waals surface area (Å²) in [5.74, 6) is -5.48. The molecule has 0 spiro atoms. The van der Waals surface area contributed by atoms with Crippen molar-refractivity contribution in [3.8, 4) is 5.75 Å². The Morgan fingerprint density at radius 1 is 1.20 bits per heavy atom. The van der Waals surface area contributed by atoms with Gasteiger partial charge in [0, 0.05) is 21.2 Å². The first-order valence-corrected chi connectivity index (χ1v) is 5.46. The van der Waals surface area contributed by atoms with Crippen LogP contribution in [0, 0.1) is 0 Å². The van der Waals surface area contributed by atoms with Crippen LogP contribution in [0.3, 0.4) is 0 Å². The zero-order chi connectivity index (χ0) is 20.0. The second-order valence-corrected chi connectivity index (χ2v) is 3.85.